The Labute approximate surface area is 155 Å². The number of benzene rings is 1. The number of allylic oxidation sites excluding steroid dienone is 1. The molecule has 0 bridgehead atoms. The maximum absolute atomic E-state index is 11.3. The van der Waals surface area contributed by atoms with Crippen LogP contribution >= 0.6 is 0 Å². The summed E-state index contributed by atoms with van der Waals surface area (Å²) in [5, 5.41) is 0. The molecular weight excluding hydrogens is 425 g/mol. The average molecular weight is 447 g/mol. The van der Waals surface area contributed by atoms with Gasteiger partial charge >= 0.3 is 6.20 Å². The van der Waals surface area contributed by atoms with Gasteiger partial charge in [0.25, 0.3) is 5.70 Å². The van der Waals surface area contributed by atoms with Crippen LogP contribution < -0.4 is 28.7 Å². The summed E-state index contributed by atoms with van der Waals surface area (Å²) >= 11 is 0. The number of anilines is 1. The van der Waals surface area contributed by atoms with Crippen LogP contribution in [0.3, 0.4) is 0 Å². The summed E-state index contributed by atoms with van der Waals surface area (Å²) in [7, 11) is -1.16. The molecule has 0 radical (unpaired) electrons. The van der Waals surface area contributed by atoms with Crippen molar-refractivity contribution >= 4 is 15.7 Å². The van der Waals surface area contributed by atoms with E-state index in [0.717, 1.165) is 25.6 Å². The van der Waals surface area contributed by atoms with Gasteiger partial charge in [-0.1, -0.05) is 12.1 Å². The molecule has 0 amide bonds. The van der Waals surface area contributed by atoms with Gasteiger partial charge in [0, 0.05) is 12.2 Å². The van der Waals surface area contributed by atoms with Crippen LogP contribution in [0.1, 0.15) is 31.2 Å². The van der Waals surface area contributed by atoms with Crippen LogP contribution in [-0.2, 0) is 10.0 Å². The number of piperidine rings is 1. The van der Waals surface area contributed by atoms with Gasteiger partial charge in [-0.05, 0) is 37.5 Å². The molecular formula is C16H22IN3O2S. The molecule has 1 fully saturated rings. The predicted molar refractivity (Wildman–Crippen MR) is 87.6 cm³/mol. The number of fused-ring (bicyclic) bond motifs is 1. The highest BCUT2D eigenvalue weighted by molar-refractivity contribution is 7.92. The van der Waals surface area contributed by atoms with Gasteiger partial charge < -0.3 is 28.9 Å². The summed E-state index contributed by atoms with van der Waals surface area (Å²) in [6.07, 6.45) is 7.27. The van der Waals surface area contributed by atoms with Crippen molar-refractivity contribution in [3.63, 3.8) is 0 Å². The van der Waals surface area contributed by atoms with Crippen molar-refractivity contribution in [1.29, 1.82) is 0 Å². The second-order valence-corrected chi connectivity index (χ2v) is 7.87. The van der Waals surface area contributed by atoms with Gasteiger partial charge in [0.15, 0.2) is 0 Å². The van der Waals surface area contributed by atoms with Gasteiger partial charge in [-0.2, -0.15) is 4.90 Å². The number of nitrogens with one attached hydrogen (secondary N) is 1. The molecule has 0 spiro atoms. The fraction of sp³-hybridized carbons (Fsp3) is 0.500. The van der Waals surface area contributed by atoms with Crippen molar-refractivity contribution in [2.75, 3.05) is 24.6 Å². The molecule has 126 valence electrons. The van der Waals surface area contributed by atoms with Gasteiger partial charge in [-0.3, -0.25) is 4.72 Å². The van der Waals surface area contributed by atoms with E-state index in [1.54, 1.807) is 0 Å². The van der Waals surface area contributed by atoms with Crippen molar-refractivity contribution in [3.8, 4) is 0 Å². The molecule has 2 atom stereocenters. The Balaban J connectivity index is 0.00000192. The molecule has 0 aromatic heterocycles. The third-order valence-corrected chi connectivity index (χ3v) is 5.06. The number of sulfonamides is 1. The molecule has 2 aliphatic heterocycles. The number of rotatable bonds is 3. The average Bonchev–Trinajstić information content (AvgIpc) is 2.74. The molecule has 3 rings (SSSR count). The zero-order valence-corrected chi connectivity index (χ0v) is 16.6. The van der Waals surface area contributed by atoms with E-state index in [1.807, 2.05) is 24.3 Å². The minimum absolute atomic E-state index is 0. The number of halogens is 1. The lowest BCUT2D eigenvalue weighted by Gasteiger charge is -2.30. The maximum atomic E-state index is 11.3. The summed E-state index contributed by atoms with van der Waals surface area (Å²) in [5.74, 6) is 0.341. The van der Waals surface area contributed by atoms with E-state index in [2.05, 4.69) is 34.7 Å². The third-order valence-electron chi connectivity index (χ3n) is 4.45. The Morgan fingerprint density at radius 3 is 2.52 bits per heavy atom. The van der Waals surface area contributed by atoms with Crippen molar-refractivity contribution in [2.24, 2.45) is 0 Å². The lowest BCUT2D eigenvalue weighted by Crippen LogP contribution is -3.00. The normalized spacial score (nSPS) is 23.5. The monoisotopic (exact) mass is 447 g/mol. The van der Waals surface area contributed by atoms with Crippen LogP contribution in [0, 0.1) is 6.20 Å². The Morgan fingerprint density at radius 1 is 1.26 bits per heavy atom. The Morgan fingerprint density at radius 2 is 1.91 bits per heavy atom. The summed E-state index contributed by atoms with van der Waals surface area (Å²) in [4.78, 5) is 4.55. The molecule has 1 aromatic carbocycles. The van der Waals surface area contributed by atoms with Crippen molar-refractivity contribution in [2.45, 2.75) is 31.8 Å². The van der Waals surface area contributed by atoms with Crippen molar-refractivity contribution in [3.05, 3.63) is 41.7 Å². The molecule has 7 heteroatoms. The molecule has 1 aromatic rings. The van der Waals surface area contributed by atoms with Gasteiger partial charge in [0.05, 0.1) is 19.2 Å². The first-order valence-corrected chi connectivity index (χ1v) is 9.45. The van der Waals surface area contributed by atoms with E-state index in [1.165, 1.54) is 11.3 Å². The minimum Gasteiger partial charge on any atom is -1.00 e. The molecule has 2 unspecified atom stereocenters. The van der Waals surface area contributed by atoms with E-state index >= 15 is 0 Å². The van der Waals surface area contributed by atoms with Crippen LogP contribution in [0.25, 0.3) is 0 Å². The first kappa shape index (κ1) is 18.3. The molecule has 1 saturated heterocycles. The second kappa shape index (κ2) is 6.83. The quantitative estimate of drug-likeness (QED) is 0.486. The van der Waals surface area contributed by atoms with Crippen LogP contribution in [0.2, 0.25) is 0 Å². The van der Waals surface area contributed by atoms with Crippen LogP contribution in [0.15, 0.2) is 30.0 Å². The summed E-state index contributed by atoms with van der Waals surface area (Å²) < 4.78 is 25.0. The standard InChI is InChI=1S/C16H22N3O2S.HI/c1-12-18(2)11-16-15(5-4-10-19(12)16)13-6-8-14(9-7-13)17-22(3,20)21;/h6-9,12,15,17H,4-5,10H2,1-3H3;1H/q+1;/p-1. The largest absolute Gasteiger partial charge is 1.00 e. The molecule has 1 N–H and O–H groups in total. The van der Waals surface area contributed by atoms with Gasteiger partial charge in [-0.25, -0.2) is 8.42 Å². The summed E-state index contributed by atoms with van der Waals surface area (Å²) in [6, 6.07) is 7.69. The van der Waals surface area contributed by atoms with Gasteiger partial charge in [-0.15, -0.1) is 0 Å². The van der Waals surface area contributed by atoms with Crippen molar-refractivity contribution in [1.82, 2.24) is 9.80 Å². The first-order chi connectivity index (χ1) is 10.3. The Hall–Kier alpha value is -1.05. The fourth-order valence-electron chi connectivity index (χ4n) is 3.26. The third kappa shape index (κ3) is 3.89. The molecule has 23 heavy (non-hydrogen) atoms. The number of hydrogen-bond acceptors (Lipinski definition) is 4. The van der Waals surface area contributed by atoms with Crippen molar-refractivity contribution < 1.29 is 32.4 Å². The summed E-state index contributed by atoms with van der Waals surface area (Å²) in [6.45, 7) is 3.28. The Kier molecular flexibility index (Phi) is 5.43. The molecule has 5 nitrogen and oxygen atoms in total. The van der Waals surface area contributed by atoms with E-state index in [9.17, 15) is 8.42 Å². The minimum atomic E-state index is -3.23. The van der Waals surface area contributed by atoms with E-state index in [-0.39, 0.29) is 24.0 Å². The molecule has 2 aliphatic rings. The van der Waals surface area contributed by atoms with E-state index in [4.69, 9.17) is 0 Å². The first-order valence-electron chi connectivity index (χ1n) is 7.56. The van der Waals surface area contributed by atoms with Crippen LogP contribution in [-0.4, -0.2) is 44.2 Å². The fourth-order valence-corrected chi connectivity index (χ4v) is 3.82. The molecule has 0 saturated carbocycles. The smallest absolute Gasteiger partial charge is 0.396 e. The highest BCUT2D eigenvalue weighted by atomic mass is 127. The highest BCUT2D eigenvalue weighted by Gasteiger charge is 2.45. The van der Waals surface area contributed by atoms with E-state index in [0.29, 0.717) is 17.8 Å². The van der Waals surface area contributed by atoms with Crippen LogP contribution in [0.5, 0.6) is 0 Å². The molecule has 2 heterocycles. The molecule has 0 aliphatic carbocycles. The zero-order valence-electron chi connectivity index (χ0n) is 13.6. The van der Waals surface area contributed by atoms with Crippen LogP contribution in [0.4, 0.5) is 5.69 Å². The zero-order chi connectivity index (χ0) is 15.9. The lowest BCUT2D eigenvalue weighted by atomic mass is 9.88. The second-order valence-electron chi connectivity index (χ2n) is 6.12. The number of nitrogens with zero attached hydrogens (tertiary/aromatic N) is 2. The van der Waals surface area contributed by atoms with Gasteiger partial charge in [0.2, 0.25) is 10.0 Å². The SMILES string of the molecule is CC1N(C)[C+]=C2C(c3ccc(NS(C)(=O)=O)cc3)CCCN21.[I-]. The maximum Gasteiger partial charge on any atom is 0.396 e. The van der Waals surface area contributed by atoms with E-state index < -0.39 is 10.0 Å². The predicted octanol–water partition coefficient (Wildman–Crippen LogP) is -0.823. The summed E-state index contributed by atoms with van der Waals surface area (Å²) in [5.41, 5.74) is 3.08. The Bertz CT molecular complexity index is 688. The number of hydrogen-bond donors (Lipinski definition) is 1. The van der Waals surface area contributed by atoms with Gasteiger partial charge in [0.1, 0.15) is 6.17 Å². The topological polar surface area (TPSA) is 52.7 Å². The lowest BCUT2D eigenvalue weighted by molar-refractivity contribution is -0.00000722. The highest BCUT2D eigenvalue weighted by Crippen LogP contribution is 2.40.